The predicted octanol–water partition coefficient (Wildman–Crippen LogP) is 1.65. The Kier molecular flexibility index (Phi) is 5.45. The van der Waals surface area contributed by atoms with Crippen molar-refractivity contribution in [3.8, 4) is 0 Å². The second kappa shape index (κ2) is 7.11. The summed E-state index contributed by atoms with van der Waals surface area (Å²) >= 11 is 0. The molecule has 1 N–H and O–H groups in total. The highest BCUT2D eigenvalue weighted by Crippen LogP contribution is 2.27. The SMILES string of the molecule is CC1CN(C(=O)N2CCCC(C(C)CC(=O)O)C2)CCO1. The number of hydrogen-bond donors (Lipinski definition) is 1. The van der Waals surface area contributed by atoms with Crippen molar-refractivity contribution < 1.29 is 19.4 Å². The van der Waals surface area contributed by atoms with Gasteiger partial charge in [0, 0.05) is 32.6 Å². The summed E-state index contributed by atoms with van der Waals surface area (Å²) in [6.07, 6.45) is 2.24. The number of carbonyl (C=O) groups excluding carboxylic acids is 1. The number of aliphatic carboxylic acids is 1. The summed E-state index contributed by atoms with van der Waals surface area (Å²) in [6.45, 7) is 7.30. The number of carboxylic acid groups (broad SMARTS) is 1. The zero-order valence-corrected chi connectivity index (χ0v) is 13.0. The van der Waals surface area contributed by atoms with Crippen LogP contribution in [0.5, 0.6) is 0 Å². The van der Waals surface area contributed by atoms with Gasteiger partial charge in [0.2, 0.25) is 0 Å². The molecule has 0 aromatic heterocycles. The molecule has 2 saturated heterocycles. The molecule has 0 aromatic carbocycles. The van der Waals surface area contributed by atoms with Gasteiger partial charge >= 0.3 is 12.0 Å². The smallest absolute Gasteiger partial charge is 0.320 e. The van der Waals surface area contributed by atoms with Crippen molar-refractivity contribution in [2.24, 2.45) is 11.8 Å². The Hall–Kier alpha value is -1.30. The number of amides is 2. The van der Waals surface area contributed by atoms with Gasteiger partial charge in [-0.25, -0.2) is 4.79 Å². The van der Waals surface area contributed by atoms with Gasteiger partial charge in [-0.05, 0) is 31.6 Å². The molecule has 6 heteroatoms. The molecule has 0 saturated carbocycles. The molecule has 2 amide bonds. The van der Waals surface area contributed by atoms with E-state index < -0.39 is 5.97 Å². The van der Waals surface area contributed by atoms with Crippen LogP contribution in [0.3, 0.4) is 0 Å². The van der Waals surface area contributed by atoms with Gasteiger partial charge in [-0.1, -0.05) is 6.92 Å². The number of nitrogens with zero attached hydrogens (tertiary/aromatic N) is 2. The third-order valence-electron chi connectivity index (χ3n) is 4.54. The normalized spacial score (nSPS) is 28.3. The van der Waals surface area contributed by atoms with Crippen molar-refractivity contribution in [3.05, 3.63) is 0 Å². The molecule has 0 radical (unpaired) electrons. The standard InChI is InChI=1S/C15H26N2O4/c1-11(8-14(18)19)13-4-3-5-16(10-13)15(20)17-6-7-21-12(2)9-17/h11-13H,3-10H2,1-2H3,(H,18,19). The van der Waals surface area contributed by atoms with Crippen LogP contribution >= 0.6 is 0 Å². The van der Waals surface area contributed by atoms with Crippen LogP contribution in [0.2, 0.25) is 0 Å². The highest BCUT2D eigenvalue weighted by atomic mass is 16.5. The van der Waals surface area contributed by atoms with Crippen molar-refractivity contribution in [2.45, 2.75) is 39.2 Å². The molecule has 6 nitrogen and oxygen atoms in total. The van der Waals surface area contributed by atoms with E-state index in [0.717, 1.165) is 19.4 Å². The zero-order chi connectivity index (χ0) is 15.4. The molecule has 2 fully saturated rings. The van der Waals surface area contributed by atoms with Crippen LogP contribution in [-0.2, 0) is 9.53 Å². The van der Waals surface area contributed by atoms with E-state index in [2.05, 4.69) is 0 Å². The van der Waals surface area contributed by atoms with E-state index in [4.69, 9.17) is 9.84 Å². The summed E-state index contributed by atoms with van der Waals surface area (Å²) in [4.78, 5) is 27.2. The van der Waals surface area contributed by atoms with Crippen LogP contribution in [0, 0.1) is 11.8 Å². The quantitative estimate of drug-likeness (QED) is 0.860. The van der Waals surface area contributed by atoms with Crippen molar-refractivity contribution >= 4 is 12.0 Å². The van der Waals surface area contributed by atoms with E-state index >= 15 is 0 Å². The summed E-state index contributed by atoms with van der Waals surface area (Å²) < 4.78 is 5.47. The summed E-state index contributed by atoms with van der Waals surface area (Å²) in [5.41, 5.74) is 0. The Balaban J connectivity index is 1.90. The maximum Gasteiger partial charge on any atom is 0.320 e. The molecule has 2 aliphatic rings. The average molecular weight is 298 g/mol. The Morgan fingerprint density at radius 2 is 2.00 bits per heavy atom. The van der Waals surface area contributed by atoms with Crippen LogP contribution in [0.1, 0.15) is 33.1 Å². The predicted molar refractivity (Wildman–Crippen MR) is 78.1 cm³/mol. The van der Waals surface area contributed by atoms with Gasteiger partial charge in [0.25, 0.3) is 0 Å². The Morgan fingerprint density at radius 3 is 2.67 bits per heavy atom. The fourth-order valence-electron chi connectivity index (χ4n) is 3.28. The van der Waals surface area contributed by atoms with Gasteiger partial charge in [-0.15, -0.1) is 0 Å². The second-order valence-electron chi connectivity index (χ2n) is 6.33. The van der Waals surface area contributed by atoms with Crippen molar-refractivity contribution in [3.63, 3.8) is 0 Å². The molecule has 0 spiro atoms. The Bertz CT molecular complexity index is 388. The first kappa shape index (κ1) is 16.1. The van der Waals surface area contributed by atoms with Gasteiger partial charge in [-0.2, -0.15) is 0 Å². The molecule has 2 heterocycles. The van der Waals surface area contributed by atoms with Crippen LogP contribution in [0.25, 0.3) is 0 Å². The van der Waals surface area contributed by atoms with Gasteiger partial charge in [-0.3, -0.25) is 4.79 Å². The zero-order valence-electron chi connectivity index (χ0n) is 13.0. The number of carbonyl (C=O) groups is 2. The van der Waals surface area contributed by atoms with Crippen molar-refractivity contribution in [1.29, 1.82) is 0 Å². The molecule has 120 valence electrons. The minimum Gasteiger partial charge on any atom is -0.481 e. The summed E-state index contributed by atoms with van der Waals surface area (Å²) in [6, 6.07) is 0.0809. The fourth-order valence-corrected chi connectivity index (χ4v) is 3.28. The minimum atomic E-state index is -0.757. The van der Waals surface area contributed by atoms with Crippen LogP contribution in [-0.4, -0.2) is 65.8 Å². The van der Waals surface area contributed by atoms with E-state index in [0.29, 0.717) is 26.2 Å². The third-order valence-corrected chi connectivity index (χ3v) is 4.54. The van der Waals surface area contributed by atoms with E-state index in [1.165, 1.54) is 0 Å². The number of likely N-dealkylation sites (tertiary alicyclic amines) is 1. The lowest BCUT2D eigenvalue weighted by Gasteiger charge is -2.40. The number of morpholine rings is 1. The first-order valence-corrected chi connectivity index (χ1v) is 7.84. The molecule has 2 aliphatic heterocycles. The van der Waals surface area contributed by atoms with Gasteiger partial charge in [0.05, 0.1) is 12.7 Å². The highest BCUT2D eigenvalue weighted by Gasteiger charge is 2.31. The van der Waals surface area contributed by atoms with Gasteiger partial charge in [0.15, 0.2) is 0 Å². The maximum atomic E-state index is 12.6. The summed E-state index contributed by atoms with van der Waals surface area (Å²) in [5.74, 6) is -0.355. The van der Waals surface area contributed by atoms with Crippen LogP contribution < -0.4 is 0 Å². The Morgan fingerprint density at radius 1 is 1.29 bits per heavy atom. The van der Waals surface area contributed by atoms with Gasteiger partial charge in [0.1, 0.15) is 0 Å². The number of urea groups is 1. The molecule has 3 atom stereocenters. The summed E-state index contributed by atoms with van der Waals surface area (Å²) in [5, 5.41) is 8.92. The number of piperidine rings is 1. The van der Waals surface area contributed by atoms with E-state index in [1.54, 1.807) is 0 Å². The number of carboxylic acids is 1. The summed E-state index contributed by atoms with van der Waals surface area (Å²) in [7, 11) is 0. The van der Waals surface area contributed by atoms with Crippen molar-refractivity contribution in [1.82, 2.24) is 9.80 Å². The number of rotatable bonds is 3. The number of ether oxygens (including phenoxy) is 1. The first-order valence-electron chi connectivity index (χ1n) is 7.84. The topological polar surface area (TPSA) is 70.1 Å². The molecule has 0 aromatic rings. The second-order valence-corrected chi connectivity index (χ2v) is 6.33. The molecule has 3 unspecified atom stereocenters. The number of hydrogen-bond acceptors (Lipinski definition) is 3. The largest absolute Gasteiger partial charge is 0.481 e. The molecule has 2 rings (SSSR count). The molecule has 21 heavy (non-hydrogen) atoms. The monoisotopic (exact) mass is 298 g/mol. The van der Waals surface area contributed by atoms with E-state index in [1.807, 2.05) is 23.6 Å². The fraction of sp³-hybridized carbons (Fsp3) is 0.867. The molecule has 0 bridgehead atoms. The third kappa shape index (κ3) is 4.33. The average Bonchev–Trinajstić information content (AvgIpc) is 2.46. The lowest BCUT2D eigenvalue weighted by molar-refractivity contribution is -0.138. The van der Waals surface area contributed by atoms with Crippen LogP contribution in [0.4, 0.5) is 4.79 Å². The Labute approximate surface area is 126 Å². The maximum absolute atomic E-state index is 12.6. The van der Waals surface area contributed by atoms with E-state index in [-0.39, 0.29) is 30.4 Å². The minimum absolute atomic E-state index is 0.0809. The van der Waals surface area contributed by atoms with E-state index in [9.17, 15) is 9.59 Å². The first-order chi connectivity index (χ1) is 9.97. The molecule has 0 aliphatic carbocycles. The van der Waals surface area contributed by atoms with Crippen LogP contribution in [0.15, 0.2) is 0 Å². The van der Waals surface area contributed by atoms with Crippen molar-refractivity contribution in [2.75, 3.05) is 32.8 Å². The highest BCUT2D eigenvalue weighted by molar-refractivity contribution is 5.74. The lowest BCUT2D eigenvalue weighted by atomic mass is 9.85. The van der Waals surface area contributed by atoms with Gasteiger partial charge < -0.3 is 19.6 Å². The molecular formula is C15H26N2O4. The molecular weight excluding hydrogens is 272 g/mol. The lowest BCUT2D eigenvalue weighted by Crippen LogP contribution is -2.53.